The molecule has 0 aliphatic carbocycles. The highest BCUT2D eigenvalue weighted by atomic mass is 16.5. The van der Waals surface area contributed by atoms with E-state index in [0.29, 0.717) is 0 Å². The van der Waals surface area contributed by atoms with E-state index in [9.17, 15) is 0 Å². The van der Waals surface area contributed by atoms with E-state index in [1.54, 1.807) is 0 Å². The summed E-state index contributed by atoms with van der Waals surface area (Å²) >= 11 is 0. The van der Waals surface area contributed by atoms with Gasteiger partial charge in [0.2, 0.25) is 0 Å². The Morgan fingerprint density at radius 2 is 1.55 bits per heavy atom. The number of hydrogen-bond acceptors (Lipinski definition) is 2. The molecule has 0 saturated carbocycles. The number of ether oxygens (including phenoxy) is 1. The molecule has 0 radical (unpaired) electrons. The van der Waals surface area contributed by atoms with E-state index in [1.165, 1.54) is 19.3 Å². The summed E-state index contributed by atoms with van der Waals surface area (Å²) in [5.41, 5.74) is 0. The molecule has 0 bridgehead atoms. The third-order valence-corrected chi connectivity index (χ3v) is 3.16. The molecule has 0 aromatic heterocycles. The summed E-state index contributed by atoms with van der Waals surface area (Å²) in [7, 11) is 0. The van der Waals surface area contributed by atoms with Crippen LogP contribution in [0, 0.1) is 0 Å². The first-order valence-electron chi connectivity index (χ1n) is 7.49. The molecule has 0 saturated heterocycles. The molecule has 20 heavy (non-hydrogen) atoms. The number of nitrogens with zero attached hydrogens (tertiary/aromatic N) is 1. The minimum absolute atomic E-state index is 0.813. The molecular weight excluding hydrogens is 246 g/mol. The fourth-order valence-corrected chi connectivity index (χ4v) is 2.12. The Bertz CT molecular complexity index is 351. The van der Waals surface area contributed by atoms with E-state index in [-0.39, 0.29) is 0 Å². The molecule has 0 unspecified atom stereocenters. The fourth-order valence-electron chi connectivity index (χ4n) is 2.12. The Labute approximate surface area is 123 Å². The van der Waals surface area contributed by atoms with E-state index in [0.717, 1.165) is 38.4 Å². The Balaban J connectivity index is 1.98. The summed E-state index contributed by atoms with van der Waals surface area (Å²) in [5.74, 6) is 0.968. The Kier molecular flexibility index (Phi) is 9.33. The average Bonchev–Trinajstić information content (AvgIpc) is 2.47. The number of unbranched alkanes of at least 4 members (excludes halogenated alkanes) is 3. The van der Waals surface area contributed by atoms with Gasteiger partial charge in [0, 0.05) is 13.1 Å². The highest BCUT2D eigenvalue weighted by molar-refractivity contribution is 5.20. The predicted octanol–water partition coefficient (Wildman–Crippen LogP) is 4.30. The van der Waals surface area contributed by atoms with Gasteiger partial charge < -0.3 is 4.74 Å². The SMILES string of the molecule is C=CCN(CC=C)CCCCCCOc1ccccc1. The number of para-hydroxylation sites is 1. The van der Waals surface area contributed by atoms with E-state index >= 15 is 0 Å². The summed E-state index contributed by atoms with van der Waals surface area (Å²) in [6.45, 7) is 11.4. The molecule has 1 rings (SSSR count). The lowest BCUT2D eigenvalue weighted by Gasteiger charge is -2.18. The van der Waals surface area contributed by atoms with Crippen LogP contribution >= 0.6 is 0 Å². The van der Waals surface area contributed by atoms with Crippen molar-refractivity contribution in [3.8, 4) is 5.75 Å². The number of rotatable bonds is 12. The molecule has 110 valence electrons. The van der Waals surface area contributed by atoms with Crippen molar-refractivity contribution >= 4 is 0 Å². The van der Waals surface area contributed by atoms with Gasteiger partial charge in [0.25, 0.3) is 0 Å². The average molecular weight is 273 g/mol. The van der Waals surface area contributed by atoms with E-state index in [2.05, 4.69) is 18.1 Å². The summed E-state index contributed by atoms with van der Waals surface area (Å²) in [6.07, 6.45) is 8.74. The van der Waals surface area contributed by atoms with Crippen molar-refractivity contribution in [2.45, 2.75) is 25.7 Å². The van der Waals surface area contributed by atoms with Gasteiger partial charge in [-0.05, 0) is 31.5 Å². The second-order valence-electron chi connectivity index (χ2n) is 4.91. The van der Waals surface area contributed by atoms with Crippen molar-refractivity contribution in [1.29, 1.82) is 0 Å². The van der Waals surface area contributed by atoms with Crippen molar-refractivity contribution in [3.63, 3.8) is 0 Å². The highest BCUT2D eigenvalue weighted by Gasteiger charge is 2.00. The van der Waals surface area contributed by atoms with E-state index in [4.69, 9.17) is 4.74 Å². The van der Waals surface area contributed by atoms with Crippen LogP contribution in [0.15, 0.2) is 55.6 Å². The quantitative estimate of drug-likeness (QED) is 0.416. The summed E-state index contributed by atoms with van der Waals surface area (Å²) in [6, 6.07) is 10.0. The lowest BCUT2D eigenvalue weighted by molar-refractivity contribution is 0.296. The molecule has 0 aliphatic rings. The summed E-state index contributed by atoms with van der Waals surface area (Å²) < 4.78 is 5.67. The maximum atomic E-state index is 5.67. The van der Waals surface area contributed by atoms with Crippen LogP contribution in [-0.2, 0) is 0 Å². The first-order valence-corrected chi connectivity index (χ1v) is 7.49. The largest absolute Gasteiger partial charge is 0.494 e. The summed E-state index contributed by atoms with van der Waals surface area (Å²) in [5, 5.41) is 0. The Morgan fingerprint density at radius 3 is 2.20 bits per heavy atom. The Hall–Kier alpha value is -1.54. The van der Waals surface area contributed by atoms with Gasteiger partial charge in [0.1, 0.15) is 5.75 Å². The maximum Gasteiger partial charge on any atom is 0.119 e. The second kappa shape index (κ2) is 11.3. The zero-order chi connectivity index (χ0) is 14.5. The van der Waals surface area contributed by atoms with Gasteiger partial charge >= 0.3 is 0 Å². The molecule has 0 fully saturated rings. The van der Waals surface area contributed by atoms with Crippen LogP contribution in [0.25, 0.3) is 0 Å². The first-order chi connectivity index (χ1) is 9.86. The molecule has 2 heteroatoms. The Morgan fingerprint density at radius 1 is 0.900 bits per heavy atom. The second-order valence-corrected chi connectivity index (χ2v) is 4.91. The van der Waals surface area contributed by atoms with Gasteiger partial charge in [-0.3, -0.25) is 4.90 Å². The molecule has 0 heterocycles. The molecule has 0 aliphatic heterocycles. The lowest BCUT2D eigenvalue weighted by Crippen LogP contribution is -2.24. The van der Waals surface area contributed by atoms with Gasteiger partial charge in [-0.2, -0.15) is 0 Å². The molecule has 0 atom stereocenters. The zero-order valence-electron chi connectivity index (χ0n) is 12.5. The van der Waals surface area contributed by atoms with Crippen LogP contribution in [0.2, 0.25) is 0 Å². The first kappa shape index (κ1) is 16.5. The smallest absolute Gasteiger partial charge is 0.119 e. The van der Waals surface area contributed by atoms with E-state index in [1.807, 2.05) is 42.5 Å². The number of hydrogen-bond donors (Lipinski definition) is 0. The monoisotopic (exact) mass is 273 g/mol. The van der Waals surface area contributed by atoms with Crippen LogP contribution < -0.4 is 4.74 Å². The molecule has 0 amide bonds. The van der Waals surface area contributed by atoms with Crippen molar-refractivity contribution in [2.75, 3.05) is 26.2 Å². The van der Waals surface area contributed by atoms with Crippen molar-refractivity contribution < 1.29 is 4.74 Å². The van der Waals surface area contributed by atoms with Crippen LogP contribution in [0.4, 0.5) is 0 Å². The molecule has 0 N–H and O–H groups in total. The minimum Gasteiger partial charge on any atom is -0.494 e. The lowest BCUT2D eigenvalue weighted by atomic mass is 10.2. The molecule has 1 aromatic rings. The van der Waals surface area contributed by atoms with Crippen LogP contribution in [-0.4, -0.2) is 31.1 Å². The topological polar surface area (TPSA) is 12.5 Å². The third kappa shape index (κ3) is 7.80. The van der Waals surface area contributed by atoms with E-state index < -0.39 is 0 Å². The number of benzene rings is 1. The van der Waals surface area contributed by atoms with Crippen LogP contribution in [0.3, 0.4) is 0 Å². The normalized spacial score (nSPS) is 10.4. The van der Waals surface area contributed by atoms with Gasteiger partial charge in [0.15, 0.2) is 0 Å². The molecule has 1 aromatic carbocycles. The zero-order valence-corrected chi connectivity index (χ0v) is 12.5. The maximum absolute atomic E-state index is 5.67. The van der Waals surface area contributed by atoms with Crippen molar-refractivity contribution in [3.05, 3.63) is 55.6 Å². The molecule has 0 spiro atoms. The van der Waals surface area contributed by atoms with Gasteiger partial charge in [-0.25, -0.2) is 0 Å². The minimum atomic E-state index is 0.813. The van der Waals surface area contributed by atoms with Gasteiger partial charge in [0.05, 0.1) is 6.61 Å². The van der Waals surface area contributed by atoms with Crippen molar-refractivity contribution in [2.24, 2.45) is 0 Å². The molecular formula is C18H27NO. The van der Waals surface area contributed by atoms with Crippen LogP contribution in [0.1, 0.15) is 25.7 Å². The molecule has 2 nitrogen and oxygen atoms in total. The van der Waals surface area contributed by atoms with Crippen LogP contribution in [0.5, 0.6) is 5.75 Å². The predicted molar refractivity (Wildman–Crippen MR) is 87.2 cm³/mol. The highest BCUT2D eigenvalue weighted by Crippen LogP contribution is 2.09. The van der Waals surface area contributed by atoms with Gasteiger partial charge in [-0.1, -0.05) is 43.2 Å². The van der Waals surface area contributed by atoms with Gasteiger partial charge in [-0.15, -0.1) is 13.2 Å². The van der Waals surface area contributed by atoms with Crippen molar-refractivity contribution in [1.82, 2.24) is 4.90 Å². The fraction of sp³-hybridized carbons (Fsp3) is 0.444. The standard InChI is InChI=1S/C18H27NO/c1-3-14-19(15-4-2)16-10-5-6-11-17-20-18-12-8-7-9-13-18/h3-4,7-9,12-13H,1-2,5-6,10-11,14-17H2. The third-order valence-electron chi connectivity index (χ3n) is 3.16. The summed E-state index contributed by atoms with van der Waals surface area (Å²) in [4.78, 5) is 2.36.